The Morgan fingerprint density at radius 1 is 1.10 bits per heavy atom. The highest BCUT2D eigenvalue weighted by Crippen LogP contribution is 2.36. The monoisotopic (exact) mass is 592 g/mol. The Kier molecular flexibility index (Phi) is 11.6. The molecule has 1 saturated heterocycles. The molecule has 2 amide bonds. The predicted molar refractivity (Wildman–Crippen MR) is 156 cm³/mol. The third kappa shape index (κ3) is 8.56. The number of likely N-dealkylation sites (tertiary alicyclic amines) is 1. The van der Waals surface area contributed by atoms with Crippen molar-refractivity contribution >= 4 is 23.5 Å². The van der Waals surface area contributed by atoms with E-state index in [1.54, 1.807) is 18.2 Å². The summed E-state index contributed by atoms with van der Waals surface area (Å²) in [5.74, 6) is -0.259. The molecule has 1 aliphatic carbocycles. The molecule has 2 aromatic rings. The number of benzene rings is 1. The molecule has 1 aliphatic heterocycles. The highest BCUT2D eigenvalue weighted by Gasteiger charge is 2.37. The maximum Gasteiger partial charge on any atom is 0.419 e. The van der Waals surface area contributed by atoms with Crippen LogP contribution >= 0.6 is 0 Å². The second-order valence-corrected chi connectivity index (χ2v) is 10.8. The lowest BCUT2D eigenvalue weighted by Gasteiger charge is -2.32. The van der Waals surface area contributed by atoms with E-state index in [-0.39, 0.29) is 55.3 Å². The SMILES string of the molecule is C.CCN1CCC(NC(=O)c2ccc(Nc3ncc(C(F)(F)F)c(C[C@H]4CCCC[C@@H]4NC(C)=O)n3)c(OC)c2)CC1. The Bertz CT molecular complexity index is 1220. The van der Waals surface area contributed by atoms with Crippen molar-refractivity contribution in [2.45, 2.75) is 84.5 Å². The number of carbonyl (C=O) groups excluding carboxylic acids is 2. The first-order chi connectivity index (χ1) is 19.6. The van der Waals surface area contributed by atoms with Gasteiger partial charge in [-0.1, -0.05) is 27.2 Å². The van der Waals surface area contributed by atoms with E-state index in [1.807, 2.05) is 0 Å². The molecule has 1 aromatic carbocycles. The standard InChI is InChI=1S/C29H39F3N6O3.CH4/c1-4-38-13-11-21(12-14-38)35-27(40)20-9-10-24(26(16-20)41-3)36-28-33-17-22(29(30,31)32)25(37-28)15-19-7-5-6-8-23(19)34-18(2)39;/h9-10,16-17,19,21,23H,4-8,11-15H2,1-3H3,(H,34,39)(H,35,40)(H,33,36,37);1H4/t19-,23+;/m1./s1. The van der Waals surface area contributed by atoms with E-state index >= 15 is 0 Å². The van der Waals surface area contributed by atoms with Gasteiger partial charge in [0.1, 0.15) is 5.75 Å². The van der Waals surface area contributed by atoms with Gasteiger partial charge in [-0.2, -0.15) is 13.2 Å². The summed E-state index contributed by atoms with van der Waals surface area (Å²) >= 11 is 0. The lowest BCUT2D eigenvalue weighted by atomic mass is 9.81. The third-order valence-electron chi connectivity index (χ3n) is 8.01. The van der Waals surface area contributed by atoms with Crippen LogP contribution in [0.5, 0.6) is 5.75 Å². The maximum absolute atomic E-state index is 13.9. The normalized spacial score (nSPS) is 19.9. The summed E-state index contributed by atoms with van der Waals surface area (Å²) in [5.41, 5.74) is -0.180. The summed E-state index contributed by atoms with van der Waals surface area (Å²) in [6.45, 7) is 6.42. The fourth-order valence-corrected chi connectivity index (χ4v) is 5.74. The molecule has 1 aromatic heterocycles. The van der Waals surface area contributed by atoms with E-state index in [4.69, 9.17) is 4.74 Å². The first-order valence-corrected chi connectivity index (χ1v) is 14.3. The number of hydrogen-bond donors (Lipinski definition) is 3. The summed E-state index contributed by atoms with van der Waals surface area (Å²) in [6.07, 6.45) is 1.21. The fourth-order valence-electron chi connectivity index (χ4n) is 5.74. The Balaban J connectivity index is 0.00000484. The summed E-state index contributed by atoms with van der Waals surface area (Å²) in [4.78, 5) is 35.1. The van der Waals surface area contributed by atoms with Crippen molar-refractivity contribution in [1.29, 1.82) is 0 Å². The van der Waals surface area contributed by atoms with Crippen molar-refractivity contribution in [2.24, 2.45) is 5.92 Å². The van der Waals surface area contributed by atoms with Crippen molar-refractivity contribution in [1.82, 2.24) is 25.5 Å². The molecule has 232 valence electrons. The number of amides is 2. The Labute approximate surface area is 246 Å². The molecular weight excluding hydrogens is 549 g/mol. The van der Waals surface area contributed by atoms with E-state index < -0.39 is 11.7 Å². The predicted octanol–water partition coefficient (Wildman–Crippen LogP) is 5.34. The number of piperidine rings is 1. The largest absolute Gasteiger partial charge is 0.495 e. The highest BCUT2D eigenvalue weighted by molar-refractivity contribution is 5.95. The maximum atomic E-state index is 13.9. The van der Waals surface area contributed by atoms with Crippen LogP contribution in [0.25, 0.3) is 0 Å². The van der Waals surface area contributed by atoms with Gasteiger partial charge in [0, 0.05) is 43.9 Å². The molecule has 2 aliphatic rings. The molecule has 12 heteroatoms. The number of alkyl halides is 3. The number of hydrogen-bond acceptors (Lipinski definition) is 7. The van der Waals surface area contributed by atoms with Gasteiger partial charge in [0.25, 0.3) is 5.91 Å². The number of nitrogens with one attached hydrogen (secondary N) is 3. The number of methoxy groups -OCH3 is 1. The summed E-state index contributed by atoms with van der Waals surface area (Å²) < 4.78 is 47.1. The Hall–Kier alpha value is -3.41. The second kappa shape index (κ2) is 14.7. The molecule has 1 saturated carbocycles. The van der Waals surface area contributed by atoms with Gasteiger partial charge in [0.2, 0.25) is 11.9 Å². The zero-order valence-electron chi connectivity index (χ0n) is 23.8. The number of carbonyl (C=O) groups is 2. The van der Waals surface area contributed by atoms with Gasteiger partial charge in [0.05, 0.1) is 24.1 Å². The van der Waals surface area contributed by atoms with E-state index in [0.717, 1.165) is 57.9 Å². The lowest BCUT2D eigenvalue weighted by molar-refractivity contribution is -0.139. The number of nitrogens with zero attached hydrogens (tertiary/aromatic N) is 3. The second-order valence-electron chi connectivity index (χ2n) is 10.8. The van der Waals surface area contributed by atoms with Gasteiger partial charge in [-0.25, -0.2) is 9.97 Å². The van der Waals surface area contributed by atoms with Gasteiger partial charge in [-0.15, -0.1) is 0 Å². The molecule has 3 N–H and O–H groups in total. The van der Waals surface area contributed by atoms with Crippen LogP contribution in [0.15, 0.2) is 24.4 Å². The minimum atomic E-state index is -4.62. The van der Waals surface area contributed by atoms with Crippen LogP contribution in [0.3, 0.4) is 0 Å². The van der Waals surface area contributed by atoms with Gasteiger partial charge >= 0.3 is 6.18 Å². The van der Waals surface area contributed by atoms with Crippen LogP contribution in [-0.4, -0.2) is 65.5 Å². The van der Waals surface area contributed by atoms with Crippen molar-refractivity contribution in [3.8, 4) is 5.75 Å². The number of anilines is 2. The fraction of sp³-hybridized carbons (Fsp3) is 0.600. The van der Waals surface area contributed by atoms with Crippen LogP contribution in [0, 0.1) is 5.92 Å². The van der Waals surface area contributed by atoms with Crippen molar-refractivity contribution in [3.05, 3.63) is 41.2 Å². The molecule has 0 unspecified atom stereocenters. The number of rotatable bonds is 9. The summed E-state index contributed by atoms with van der Waals surface area (Å²) in [6, 6.07) is 4.74. The summed E-state index contributed by atoms with van der Waals surface area (Å²) in [7, 11) is 1.45. The molecule has 9 nitrogen and oxygen atoms in total. The first kappa shape index (κ1) is 33.1. The molecule has 2 heterocycles. The molecule has 2 fully saturated rings. The zero-order valence-corrected chi connectivity index (χ0v) is 23.8. The topological polar surface area (TPSA) is 108 Å². The Morgan fingerprint density at radius 2 is 1.81 bits per heavy atom. The average molecular weight is 593 g/mol. The summed E-state index contributed by atoms with van der Waals surface area (Å²) in [5, 5.41) is 8.94. The van der Waals surface area contributed by atoms with Gasteiger partial charge in [0.15, 0.2) is 0 Å². The quantitative estimate of drug-likeness (QED) is 0.361. The van der Waals surface area contributed by atoms with Crippen molar-refractivity contribution in [3.63, 3.8) is 0 Å². The minimum Gasteiger partial charge on any atom is -0.495 e. The van der Waals surface area contributed by atoms with E-state index in [9.17, 15) is 22.8 Å². The molecule has 4 rings (SSSR count). The van der Waals surface area contributed by atoms with Gasteiger partial charge in [-0.05, 0) is 62.8 Å². The molecule has 42 heavy (non-hydrogen) atoms. The van der Waals surface area contributed by atoms with Crippen LogP contribution in [0.4, 0.5) is 24.8 Å². The highest BCUT2D eigenvalue weighted by atomic mass is 19.4. The van der Waals surface area contributed by atoms with Crippen LogP contribution in [0.2, 0.25) is 0 Å². The smallest absolute Gasteiger partial charge is 0.419 e. The van der Waals surface area contributed by atoms with Gasteiger partial charge in [-0.3, -0.25) is 9.59 Å². The molecule has 0 radical (unpaired) electrons. The molecule has 0 spiro atoms. The van der Waals surface area contributed by atoms with Crippen LogP contribution in [-0.2, 0) is 17.4 Å². The van der Waals surface area contributed by atoms with E-state index in [2.05, 4.69) is 37.7 Å². The third-order valence-corrected chi connectivity index (χ3v) is 8.01. The average Bonchev–Trinajstić information content (AvgIpc) is 2.94. The van der Waals surface area contributed by atoms with E-state index in [1.165, 1.54) is 14.0 Å². The number of aromatic nitrogens is 2. The minimum absolute atomic E-state index is 0. The van der Waals surface area contributed by atoms with Gasteiger partial charge < -0.3 is 25.6 Å². The number of ether oxygens (including phenoxy) is 1. The van der Waals surface area contributed by atoms with Crippen LogP contribution in [0.1, 0.15) is 81.4 Å². The van der Waals surface area contributed by atoms with E-state index in [0.29, 0.717) is 23.4 Å². The Morgan fingerprint density at radius 3 is 2.45 bits per heavy atom. The number of halogens is 3. The zero-order chi connectivity index (χ0) is 29.6. The first-order valence-electron chi connectivity index (χ1n) is 14.3. The van der Waals surface area contributed by atoms with Crippen molar-refractivity contribution in [2.75, 3.05) is 32.1 Å². The van der Waals surface area contributed by atoms with Crippen molar-refractivity contribution < 1.29 is 27.5 Å². The lowest BCUT2D eigenvalue weighted by Crippen LogP contribution is -2.44. The molecular formula is C30H43F3N6O3. The molecule has 0 bridgehead atoms. The molecule has 2 atom stereocenters. The van der Waals surface area contributed by atoms with Crippen LogP contribution < -0.4 is 20.7 Å².